The van der Waals surface area contributed by atoms with Crippen LogP contribution in [0.4, 0.5) is 10.8 Å². The normalized spacial score (nSPS) is 11.3. The van der Waals surface area contributed by atoms with E-state index >= 15 is 0 Å². The molecule has 0 spiro atoms. The molecule has 1 aromatic heterocycles. The number of hydrogen-bond acceptors (Lipinski definition) is 8. The van der Waals surface area contributed by atoms with Gasteiger partial charge in [-0.2, -0.15) is 8.42 Å². The molecule has 2 rings (SSSR count). The number of amides is 1. The molecule has 0 aliphatic carbocycles. The van der Waals surface area contributed by atoms with E-state index in [4.69, 9.17) is 4.74 Å². The van der Waals surface area contributed by atoms with Crippen LogP contribution in [0.15, 0.2) is 22.5 Å². The molecular formula is C16H20N4O5S2. The fourth-order valence-corrected chi connectivity index (χ4v) is 4.01. The first-order valence-corrected chi connectivity index (χ1v) is 10.4. The second kappa shape index (κ2) is 8.44. The molecule has 2 aromatic rings. The zero-order valence-electron chi connectivity index (χ0n) is 15.3. The lowest BCUT2D eigenvalue weighted by Crippen LogP contribution is -2.17. The summed E-state index contributed by atoms with van der Waals surface area (Å²) in [5, 5.41) is 9.90. The number of esters is 1. The minimum Gasteiger partial charge on any atom is -0.462 e. The van der Waals surface area contributed by atoms with Gasteiger partial charge in [-0.15, -0.1) is 10.2 Å². The summed E-state index contributed by atoms with van der Waals surface area (Å²) in [6, 6.07) is 4.62. The maximum atomic E-state index is 12.6. The predicted octanol–water partition coefficient (Wildman–Crippen LogP) is 2.42. The molecule has 27 heavy (non-hydrogen) atoms. The molecule has 0 bridgehead atoms. The van der Waals surface area contributed by atoms with Crippen LogP contribution in [0.1, 0.15) is 36.7 Å². The van der Waals surface area contributed by atoms with Crippen molar-refractivity contribution in [3.05, 3.63) is 29.3 Å². The smallest absolute Gasteiger partial charge is 0.338 e. The summed E-state index contributed by atoms with van der Waals surface area (Å²) in [5.41, 5.74) is 0.917. The highest BCUT2D eigenvalue weighted by Gasteiger charge is 2.23. The van der Waals surface area contributed by atoms with Crippen molar-refractivity contribution < 1.29 is 22.7 Å². The molecule has 0 fully saturated rings. The van der Waals surface area contributed by atoms with E-state index in [2.05, 4.69) is 20.2 Å². The van der Waals surface area contributed by atoms with Crippen LogP contribution >= 0.6 is 11.3 Å². The molecule has 9 nitrogen and oxygen atoms in total. The predicted molar refractivity (Wildman–Crippen MR) is 101 cm³/mol. The van der Waals surface area contributed by atoms with Crippen LogP contribution in [0.2, 0.25) is 0 Å². The molecule has 2 N–H and O–H groups in total. The van der Waals surface area contributed by atoms with Crippen molar-refractivity contribution in [3.63, 3.8) is 0 Å². The first-order chi connectivity index (χ1) is 12.7. The number of nitrogens with zero attached hydrogens (tertiary/aromatic N) is 2. The van der Waals surface area contributed by atoms with Crippen molar-refractivity contribution in [1.29, 1.82) is 0 Å². The van der Waals surface area contributed by atoms with Crippen molar-refractivity contribution in [2.24, 2.45) is 5.92 Å². The summed E-state index contributed by atoms with van der Waals surface area (Å²) < 4.78 is 32.2. The summed E-state index contributed by atoms with van der Waals surface area (Å²) in [6.07, 6.45) is 0. The molecule has 0 aliphatic heterocycles. The number of aromatic nitrogens is 2. The van der Waals surface area contributed by atoms with Crippen molar-refractivity contribution in [3.8, 4) is 0 Å². The van der Waals surface area contributed by atoms with E-state index in [1.165, 1.54) is 6.07 Å². The number of anilines is 2. The van der Waals surface area contributed by atoms with Gasteiger partial charge in [-0.05, 0) is 31.5 Å². The Balaban J connectivity index is 2.24. The quantitative estimate of drug-likeness (QED) is 0.528. The van der Waals surface area contributed by atoms with E-state index in [-0.39, 0.29) is 39.2 Å². The average molecular weight is 412 g/mol. The average Bonchev–Trinajstić information content (AvgIpc) is 3.06. The first-order valence-electron chi connectivity index (χ1n) is 8.09. The number of benzene rings is 1. The lowest BCUT2D eigenvalue weighted by molar-refractivity contribution is -0.118. The molecular weight excluding hydrogens is 392 g/mol. The van der Waals surface area contributed by atoms with Gasteiger partial charge in [0.15, 0.2) is 0 Å². The second-order valence-corrected chi connectivity index (χ2v) is 8.65. The van der Waals surface area contributed by atoms with Gasteiger partial charge in [0.05, 0.1) is 17.9 Å². The molecule has 11 heteroatoms. The third-order valence-electron chi connectivity index (χ3n) is 3.46. The minimum atomic E-state index is -4.03. The Hall–Kier alpha value is -2.53. The van der Waals surface area contributed by atoms with E-state index in [0.29, 0.717) is 5.56 Å². The monoisotopic (exact) mass is 412 g/mol. The number of carbonyl (C=O) groups is 2. The standard InChI is InChI=1S/C16H20N4O5S2/c1-5-25-14(22)11-7-6-8-12(10(11)4)20-27(23,24)16-19-18-15(26-16)17-13(21)9(2)3/h6-9,20H,5H2,1-4H3,(H,17,18,21). The van der Waals surface area contributed by atoms with Crippen LogP contribution in [0, 0.1) is 12.8 Å². The summed E-state index contributed by atoms with van der Waals surface area (Å²) in [5.74, 6) is -1.10. The largest absolute Gasteiger partial charge is 0.462 e. The van der Waals surface area contributed by atoms with Gasteiger partial charge in [0.25, 0.3) is 14.4 Å². The lowest BCUT2D eigenvalue weighted by atomic mass is 10.1. The Morgan fingerprint density at radius 3 is 2.59 bits per heavy atom. The Bertz CT molecular complexity index is 953. The van der Waals surface area contributed by atoms with Crippen molar-refractivity contribution in [1.82, 2.24) is 10.2 Å². The van der Waals surface area contributed by atoms with Crippen LogP contribution in [0.5, 0.6) is 0 Å². The number of hydrogen-bond donors (Lipinski definition) is 2. The third kappa shape index (κ3) is 5.01. The zero-order chi connectivity index (χ0) is 20.2. The van der Waals surface area contributed by atoms with Gasteiger partial charge in [-0.1, -0.05) is 31.3 Å². The molecule has 1 aromatic carbocycles. The van der Waals surface area contributed by atoms with Crippen molar-refractivity contribution >= 4 is 44.1 Å². The van der Waals surface area contributed by atoms with Crippen molar-refractivity contribution in [2.45, 2.75) is 32.0 Å². The van der Waals surface area contributed by atoms with Gasteiger partial charge in [-0.25, -0.2) is 4.79 Å². The molecule has 1 heterocycles. The Morgan fingerprint density at radius 1 is 1.26 bits per heavy atom. The number of nitrogens with one attached hydrogen (secondary N) is 2. The molecule has 146 valence electrons. The first kappa shape index (κ1) is 20.8. The Morgan fingerprint density at radius 2 is 1.96 bits per heavy atom. The van der Waals surface area contributed by atoms with E-state index < -0.39 is 16.0 Å². The topological polar surface area (TPSA) is 127 Å². The zero-order valence-corrected chi connectivity index (χ0v) is 16.9. The van der Waals surface area contributed by atoms with Crippen molar-refractivity contribution in [2.75, 3.05) is 16.6 Å². The van der Waals surface area contributed by atoms with Gasteiger partial charge in [-0.3, -0.25) is 9.52 Å². The number of sulfonamides is 1. The third-order valence-corrected chi connectivity index (χ3v) is 6.04. The molecule has 0 radical (unpaired) electrons. The number of rotatable bonds is 7. The highest BCUT2D eigenvalue weighted by Crippen LogP contribution is 2.26. The second-order valence-electron chi connectivity index (χ2n) is 5.82. The molecule has 0 saturated heterocycles. The summed E-state index contributed by atoms with van der Waals surface area (Å²) >= 11 is 0.733. The van der Waals surface area contributed by atoms with E-state index in [1.807, 2.05) is 0 Å². The van der Waals surface area contributed by atoms with Gasteiger partial charge < -0.3 is 10.1 Å². The fourth-order valence-electron chi connectivity index (χ4n) is 1.98. The SMILES string of the molecule is CCOC(=O)c1cccc(NS(=O)(=O)c2nnc(NC(=O)C(C)C)s2)c1C. The number of ether oxygens (including phenoxy) is 1. The van der Waals surface area contributed by atoms with Gasteiger partial charge in [0.2, 0.25) is 11.0 Å². The molecule has 0 unspecified atom stereocenters. The molecule has 0 atom stereocenters. The highest BCUT2D eigenvalue weighted by molar-refractivity contribution is 7.94. The Kier molecular flexibility index (Phi) is 6.50. The van der Waals surface area contributed by atoms with E-state index in [0.717, 1.165) is 11.3 Å². The van der Waals surface area contributed by atoms with Gasteiger partial charge in [0, 0.05) is 5.92 Å². The van der Waals surface area contributed by atoms with Crippen LogP contribution in [-0.4, -0.2) is 37.1 Å². The Labute approximate surface area is 161 Å². The summed E-state index contributed by atoms with van der Waals surface area (Å²) in [6.45, 7) is 6.91. The van der Waals surface area contributed by atoms with Crippen LogP contribution in [-0.2, 0) is 19.6 Å². The van der Waals surface area contributed by atoms with Gasteiger partial charge in [0.1, 0.15) is 0 Å². The molecule has 0 aliphatic rings. The van der Waals surface area contributed by atoms with Crippen LogP contribution in [0.3, 0.4) is 0 Å². The van der Waals surface area contributed by atoms with E-state index in [1.54, 1.807) is 39.8 Å². The highest BCUT2D eigenvalue weighted by atomic mass is 32.2. The van der Waals surface area contributed by atoms with Gasteiger partial charge >= 0.3 is 5.97 Å². The minimum absolute atomic E-state index is 0.0890. The number of carbonyl (C=O) groups excluding carboxylic acids is 2. The fraction of sp³-hybridized carbons (Fsp3) is 0.375. The summed E-state index contributed by atoms with van der Waals surface area (Å²) in [4.78, 5) is 23.6. The van der Waals surface area contributed by atoms with E-state index in [9.17, 15) is 18.0 Å². The van der Waals surface area contributed by atoms with Crippen LogP contribution in [0.25, 0.3) is 0 Å². The van der Waals surface area contributed by atoms with Crippen LogP contribution < -0.4 is 10.0 Å². The maximum Gasteiger partial charge on any atom is 0.338 e. The maximum absolute atomic E-state index is 12.6. The lowest BCUT2D eigenvalue weighted by Gasteiger charge is -2.11. The molecule has 0 saturated carbocycles. The molecule has 1 amide bonds. The summed E-state index contributed by atoms with van der Waals surface area (Å²) in [7, 11) is -4.03.